The van der Waals surface area contributed by atoms with E-state index in [0.717, 1.165) is 27.6 Å². The van der Waals surface area contributed by atoms with E-state index in [1.165, 1.54) is 52.8 Å². The number of carboxylic acids is 1. The van der Waals surface area contributed by atoms with Gasteiger partial charge in [-0.25, -0.2) is 4.98 Å². The summed E-state index contributed by atoms with van der Waals surface area (Å²) in [6.07, 6.45) is 6.73. The number of fused-ring (bicyclic) bond motifs is 10. The molecule has 0 radical (unpaired) electrons. The van der Waals surface area contributed by atoms with Gasteiger partial charge in [-0.15, -0.1) is 0 Å². The van der Waals surface area contributed by atoms with E-state index >= 15 is 0 Å². The number of nitrogens with two attached hydrogens (primary N) is 1. The lowest BCUT2D eigenvalue weighted by atomic mass is 9.65. The molecule has 2 bridgehead atoms. The van der Waals surface area contributed by atoms with Crippen LogP contribution in [0.3, 0.4) is 0 Å². The molecule has 3 aliphatic rings. The maximum absolute atomic E-state index is 10.8. The van der Waals surface area contributed by atoms with E-state index in [-0.39, 0.29) is 5.41 Å². The Hall–Kier alpha value is -3.50. The predicted octanol–water partition coefficient (Wildman–Crippen LogP) is 7.53. The van der Waals surface area contributed by atoms with Gasteiger partial charge in [0.05, 0.1) is 28.0 Å². The summed E-state index contributed by atoms with van der Waals surface area (Å²) < 4.78 is 1.12. The molecule has 0 saturated heterocycles. The van der Waals surface area contributed by atoms with Crippen LogP contribution >= 0.6 is 11.3 Å². The number of nitrogens with one attached hydrogen (secondary N) is 3. The Kier molecular flexibility index (Phi) is 8.79. The maximum atomic E-state index is 10.8. The van der Waals surface area contributed by atoms with Gasteiger partial charge in [-0.05, 0) is 89.2 Å². The number of thiazole rings is 1. The molecule has 44 heavy (non-hydrogen) atoms. The molecule has 2 fully saturated rings. The number of rotatable bonds is 5. The van der Waals surface area contributed by atoms with Gasteiger partial charge in [-0.2, -0.15) is 5.10 Å². The molecule has 3 unspecified atom stereocenters. The monoisotopic (exact) mass is 618 g/mol. The number of anilines is 2. The van der Waals surface area contributed by atoms with Crippen molar-refractivity contribution in [3.8, 4) is 0 Å². The van der Waals surface area contributed by atoms with E-state index in [1.54, 1.807) is 0 Å². The molecular formula is C34H46N6O3S. The summed E-state index contributed by atoms with van der Waals surface area (Å²) in [7, 11) is 0. The third-order valence-electron chi connectivity index (χ3n) is 10.6. The van der Waals surface area contributed by atoms with Gasteiger partial charge in [-0.1, -0.05) is 65.9 Å². The number of nitrogens with zero attached hydrogens (tertiary/aromatic N) is 2. The SMILES string of the molecule is CC.CC(C)(C)C(C)(C)C(N)C(=O)O.O=CNc1nc2ccc([C@@H]3Nc4ccc5[nH]ncc5c4[C@H]4C5CCC(C5)[C@@H]34)cc2s1. The summed E-state index contributed by atoms with van der Waals surface area (Å²) in [5.74, 6) is 1.82. The normalized spacial score (nSPS) is 24.2. The third kappa shape index (κ3) is 5.47. The maximum Gasteiger partial charge on any atom is 0.321 e. The molecule has 6 N–H and O–H groups in total. The smallest absolute Gasteiger partial charge is 0.321 e. The molecule has 7 rings (SSSR count). The van der Waals surface area contributed by atoms with Crippen molar-refractivity contribution < 1.29 is 14.7 Å². The van der Waals surface area contributed by atoms with Crippen LogP contribution < -0.4 is 16.4 Å². The average molecular weight is 619 g/mol. The quantitative estimate of drug-likeness (QED) is 0.145. The highest BCUT2D eigenvalue weighted by Crippen LogP contribution is 2.64. The highest BCUT2D eigenvalue weighted by Gasteiger charge is 2.54. The standard InChI is InChI=1S/C23H21N5OS.C9H19NO2.C2H6/c29-10-24-23-27-16-4-3-13(8-18(16)30-23)22-20-12-2-1-11(7-12)19(20)21-14-9-25-28-15(14)5-6-17(21)26-22;1-8(2,3)9(4,5)6(10)7(11)12;1-2/h3-6,8-12,19-20,22,26H,1-2,7H2,(H,25,28)(H,24,27,29);6H,10H2,1-5H3,(H,11,12);1-2H3/t11?,12?,19-,20+,22-;;/m0../s1. The molecule has 2 aliphatic carbocycles. The number of carbonyl (C=O) groups is 2. The first-order valence-corrected chi connectivity index (χ1v) is 16.5. The lowest BCUT2D eigenvalue weighted by molar-refractivity contribution is -0.143. The molecule has 2 saturated carbocycles. The minimum Gasteiger partial charge on any atom is -0.480 e. The fourth-order valence-corrected chi connectivity index (χ4v) is 8.23. The van der Waals surface area contributed by atoms with Crippen LogP contribution in [-0.4, -0.2) is 38.7 Å². The summed E-state index contributed by atoms with van der Waals surface area (Å²) in [5, 5.41) is 24.8. The van der Waals surface area contributed by atoms with Gasteiger partial charge >= 0.3 is 5.97 Å². The second-order valence-corrected chi connectivity index (χ2v) is 14.7. The molecule has 3 heterocycles. The largest absolute Gasteiger partial charge is 0.480 e. The van der Waals surface area contributed by atoms with E-state index < -0.39 is 17.4 Å². The van der Waals surface area contributed by atoms with Crippen molar-refractivity contribution in [3.63, 3.8) is 0 Å². The van der Waals surface area contributed by atoms with Gasteiger partial charge < -0.3 is 21.5 Å². The van der Waals surface area contributed by atoms with Crippen LogP contribution in [0.1, 0.15) is 90.8 Å². The van der Waals surface area contributed by atoms with Gasteiger partial charge in [0.25, 0.3) is 0 Å². The second kappa shape index (κ2) is 12.1. The third-order valence-corrected chi connectivity index (χ3v) is 11.6. The minimum atomic E-state index is -0.935. The molecular weight excluding hydrogens is 572 g/mol. The van der Waals surface area contributed by atoms with Crippen LogP contribution in [0, 0.1) is 28.6 Å². The Morgan fingerprint density at radius 3 is 2.52 bits per heavy atom. The summed E-state index contributed by atoms with van der Waals surface area (Å²) in [6, 6.07) is 10.4. The van der Waals surface area contributed by atoms with Crippen LogP contribution in [0.4, 0.5) is 10.8 Å². The van der Waals surface area contributed by atoms with Crippen molar-refractivity contribution in [2.24, 2.45) is 34.3 Å². The highest BCUT2D eigenvalue weighted by molar-refractivity contribution is 7.22. The fourth-order valence-electron chi connectivity index (χ4n) is 7.36. The van der Waals surface area contributed by atoms with Gasteiger partial charge in [0, 0.05) is 11.1 Å². The molecule has 236 valence electrons. The lowest BCUT2D eigenvalue weighted by Crippen LogP contribution is -2.50. The number of aliphatic carboxylic acids is 1. The van der Waals surface area contributed by atoms with E-state index in [2.05, 4.69) is 56.1 Å². The molecule has 6 atom stereocenters. The second-order valence-electron chi connectivity index (χ2n) is 13.7. The number of hydrogen-bond acceptors (Lipinski definition) is 7. The average Bonchev–Trinajstić information content (AvgIpc) is 3.80. The Labute approximate surface area is 263 Å². The number of amides is 1. The predicted molar refractivity (Wildman–Crippen MR) is 179 cm³/mol. The van der Waals surface area contributed by atoms with Crippen LogP contribution in [0.2, 0.25) is 0 Å². The number of hydrogen-bond donors (Lipinski definition) is 5. The summed E-state index contributed by atoms with van der Waals surface area (Å²) in [4.78, 5) is 26.0. The molecule has 0 spiro atoms. The Bertz CT molecular complexity index is 1650. The first kappa shape index (κ1) is 31.9. The number of aromatic nitrogens is 3. The number of H-pyrrole nitrogens is 1. The summed E-state index contributed by atoms with van der Waals surface area (Å²) >= 11 is 1.54. The van der Waals surface area contributed by atoms with E-state index in [9.17, 15) is 9.59 Å². The van der Waals surface area contributed by atoms with Crippen LogP contribution in [0.5, 0.6) is 0 Å². The minimum absolute atomic E-state index is 0.106. The summed E-state index contributed by atoms with van der Waals surface area (Å²) in [6.45, 7) is 13.7. The lowest BCUT2D eigenvalue weighted by Gasteiger charge is -2.43. The molecule has 10 heteroatoms. The zero-order valence-electron chi connectivity index (χ0n) is 26.8. The molecule has 4 aromatic rings. The van der Waals surface area contributed by atoms with Gasteiger partial charge in [-0.3, -0.25) is 14.7 Å². The van der Waals surface area contributed by atoms with Crippen molar-refractivity contribution in [3.05, 3.63) is 47.7 Å². The van der Waals surface area contributed by atoms with Gasteiger partial charge in [0.15, 0.2) is 5.13 Å². The first-order valence-electron chi connectivity index (χ1n) is 15.7. The Morgan fingerprint density at radius 1 is 1.14 bits per heavy atom. The topological polar surface area (TPSA) is 146 Å². The molecule has 2 aromatic carbocycles. The van der Waals surface area contributed by atoms with Gasteiger partial charge in [0.2, 0.25) is 6.41 Å². The highest BCUT2D eigenvalue weighted by atomic mass is 32.1. The fraction of sp³-hybridized carbons (Fsp3) is 0.529. The number of carbonyl (C=O) groups excluding carboxylic acids is 1. The zero-order valence-corrected chi connectivity index (χ0v) is 27.6. The van der Waals surface area contributed by atoms with Crippen LogP contribution in [0.15, 0.2) is 36.5 Å². The van der Waals surface area contributed by atoms with E-state index in [4.69, 9.17) is 10.8 Å². The van der Waals surface area contributed by atoms with Crippen LogP contribution in [-0.2, 0) is 9.59 Å². The van der Waals surface area contributed by atoms with Crippen molar-refractivity contribution in [1.29, 1.82) is 0 Å². The molecule has 2 aromatic heterocycles. The molecule has 1 amide bonds. The number of carboxylic acid groups (broad SMARTS) is 1. The summed E-state index contributed by atoms with van der Waals surface area (Å²) in [5.41, 5.74) is 11.2. The number of aromatic amines is 1. The first-order chi connectivity index (χ1) is 20.9. The van der Waals surface area contributed by atoms with Crippen molar-refractivity contribution in [2.75, 3.05) is 10.6 Å². The van der Waals surface area contributed by atoms with E-state index in [0.29, 0.717) is 29.4 Å². The molecule has 9 nitrogen and oxygen atoms in total. The molecule has 1 aliphatic heterocycles. The van der Waals surface area contributed by atoms with Crippen molar-refractivity contribution >= 4 is 55.7 Å². The van der Waals surface area contributed by atoms with Crippen molar-refractivity contribution in [2.45, 2.75) is 85.7 Å². The van der Waals surface area contributed by atoms with Gasteiger partial charge in [0.1, 0.15) is 6.04 Å². The number of benzene rings is 2. The van der Waals surface area contributed by atoms with Crippen molar-refractivity contribution in [1.82, 2.24) is 15.2 Å². The van der Waals surface area contributed by atoms with E-state index in [1.807, 2.05) is 54.7 Å². The van der Waals surface area contributed by atoms with Crippen LogP contribution in [0.25, 0.3) is 21.1 Å². The zero-order chi connectivity index (χ0) is 32.0. The Balaban J connectivity index is 0.000000235. The Morgan fingerprint density at radius 2 is 1.86 bits per heavy atom.